The van der Waals surface area contributed by atoms with Crippen molar-refractivity contribution in [1.29, 1.82) is 0 Å². The Balaban J connectivity index is 4.48. The number of hydrogen-bond donors (Lipinski definition) is 3. The minimum absolute atomic E-state index is 0.0184. The predicted molar refractivity (Wildman–Crippen MR) is 78.8 cm³/mol. The zero-order valence-corrected chi connectivity index (χ0v) is 13.2. The summed E-state index contributed by atoms with van der Waals surface area (Å²) in [6, 6.07) is -0.894. The van der Waals surface area contributed by atoms with E-state index in [1.165, 1.54) is 13.8 Å². The minimum atomic E-state index is -0.894. The molecule has 0 aromatic rings. The third kappa shape index (κ3) is 9.62. The van der Waals surface area contributed by atoms with Gasteiger partial charge in [-0.2, -0.15) is 0 Å². The van der Waals surface area contributed by atoms with E-state index in [0.717, 1.165) is 0 Å². The lowest BCUT2D eigenvalue weighted by Gasteiger charge is -2.17. The Morgan fingerprint density at radius 2 is 1.41 bits per heavy atom. The quantitative estimate of drug-likeness (QED) is 0.481. The van der Waals surface area contributed by atoms with Gasteiger partial charge in [0.05, 0.1) is 13.1 Å². The van der Waals surface area contributed by atoms with Gasteiger partial charge in [0, 0.05) is 12.8 Å². The van der Waals surface area contributed by atoms with Gasteiger partial charge in [-0.25, -0.2) is 0 Å². The third-order valence-electron chi connectivity index (χ3n) is 2.68. The molecule has 0 saturated heterocycles. The fraction of sp³-hybridized carbons (Fsp3) is 0.643. The minimum Gasteiger partial charge on any atom is -0.349 e. The van der Waals surface area contributed by atoms with Gasteiger partial charge in [-0.3, -0.25) is 24.0 Å². The zero-order valence-electron chi connectivity index (χ0n) is 13.2. The number of nitrogens with one attached hydrogen (secondary N) is 3. The maximum absolute atomic E-state index is 11.9. The van der Waals surface area contributed by atoms with Gasteiger partial charge in [0.25, 0.3) is 0 Å². The number of carbonyl (C=O) groups excluding carboxylic acids is 5. The van der Waals surface area contributed by atoms with Crippen molar-refractivity contribution < 1.29 is 24.0 Å². The van der Waals surface area contributed by atoms with Gasteiger partial charge in [-0.15, -0.1) is 0 Å². The van der Waals surface area contributed by atoms with Crippen LogP contribution in [0.2, 0.25) is 0 Å². The molecular formula is C14H23N3O5. The van der Waals surface area contributed by atoms with Gasteiger partial charge in [0.15, 0.2) is 0 Å². The topological polar surface area (TPSA) is 121 Å². The first kappa shape index (κ1) is 19.8. The molecule has 0 aliphatic heterocycles. The Kier molecular flexibility index (Phi) is 9.40. The Labute approximate surface area is 129 Å². The molecule has 0 aliphatic carbocycles. The van der Waals surface area contributed by atoms with Crippen molar-refractivity contribution in [2.24, 2.45) is 0 Å². The zero-order chi connectivity index (χ0) is 17.1. The number of hydrogen-bond acceptors (Lipinski definition) is 5. The van der Waals surface area contributed by atoms with Gasteiger partial charge in [0.2, 0.25) is 17.7 Å². The second-order valence-corrected chi connectivity index (χ2v) is 4.91. The van der Waals surface area contributed by atoms with Crippen molar-refractivity contribution in [3.05, 3.63) is 0 Å². The number of carbonyl (C=O) groups is 5. The van der Waals surface area contributed by atoms with Crippen molar-refractivity contribution in [3.63, 3.8) is 0 Å². The highest BCUT2D eigenvalue weighted by molar-refractivity contribution is 5.91. The summed E-state index contributed by atoms with van der Waals surface area (Å²) < 4.78 is 0. The van der Waals surface area contributed by atoms with Gasteiger partial charge < -0.3 is 16.0 Å². The van der Waals surface area contributed by atoms with E-state index in [2.05, 4.69) is 16.0 Å². The van der Waals surface area contributed by atoms with Crippen LogP contribution in [0.3, 0.4) is 0 Å². The summed E-state index contributed by atoms with van der Waals surface area (Å²) >= 11 is 0. The van der Waals surface area contributed by atoms with Gasteiger partial charge >= 0.3 is 0 Å². The van der Waals surface area contributed by atoms with Gasteiger partial charge in [-0.1, -0.05) is 6.92 Å². The molecule has 22 heavy (non-hydrogen) atoms. The molecule has 0 aliphatic rings. The molecule has 0 saturated carbocycles. The molecule has 0 aromatic heterocycles. The molecule has 8 nitrogen and oxygen atoms in total. The summed E-state index contributed by atoms with van der Waals surface area (Å²) in [5.74, 6) is -1.62. The van der Waals surface area contributed by atoms with Crippen LogP contribution in [0.1, 0.15) is 40.0 Å². The fourth-order valence-corrected chi connectivity index (χ4v) is 1.49. The molecule has 1 atom stereocenters. The molecule has 8 heteroatoms. The lowest BCUT2D eigenvalue weighted by molar-refractivity contribution is -0.130. The highest BCUT2D eigenvalue weighted by Crippen LogP contribution is 1.99. The number of rotatable bonds is 10. The Hall–Kier alpha value is -2.25. The van der Waals surface area contributed by atoms with Crippen LogP contribution < -0.4 is 16.0 Å². The van der Waals surface area contributed by atoms with Crippen LogP contribution in [-0.4, -0.2) is 48.4 Å². The summed E-state index contributed by atoms with van der Waals surface area (Å²) in [6.07, 6.45) is 0.266. The van der Waals surface area contributed by atoms with Crippen LogP contribution in [0.25, 0.3) is 0 Å². The van der Waals surface area contributed by atoms with E-state index in [1.54, 1.807) is 6.92 Å². The SMILES string of the molecule is CCC(=O)NC(CCC(=O)NCC(C)=O)C(=O)NCC(C)=O. The molecule has 124 valence electrons. The van der Waals surface area contributed by atoms with Crippen LogP contribution in [0, 0.1) is 0 Å². The third-order valence-corrected chi connectivity index (χ3v) is 2.68. The van der Waals surface area contributed by atoms with E-state index in [0.29, 0.717) is 0 Å². The monoisotopic (exact) mass is 313 g/mol. The summed E-state index contributed by atoms with van der Waals surface area (Å²) in [5, 5.41) is 7.30. The van der Waals surface area contributed by atoms with Crippen LogP contribution in [0.4, 0.5) is 0 Å². The summed E-state index contributed by atoms with van der Waals surface area (Å²) in [5.41, 5.74) is 0. The average molecular weight is 313 g/mol. The Bertz CT molecular complexity index is 448. The van der Waals surface area contributed by atoms with E-state index < -0.39 is 11.9 Å². The number of Topliss-reactive ketones (excluding diaryl/α,β-unsaturated/α-hetero) is 2. The average Bonchev–Trinajstić information content (AvgIpc) is 2.46. The standard InChI is InChI=1S/C14H23N3O5/c1-4-12(20)17-11(14(22)16-8-10(3)19)5-6-13(21)15-7-9(2)18/h11H,4-8H2,1-3H3,(H,15,21)(H,16,22)(H,17,20). The van der Waals surface area contributed by atoms with Crippen molar-refractivity contribution in [3.8, 4) is 0 Å². The van der Waals surface area contributed by atoms with Gasteiger partial charge in [-0.05, 0) is 20.3 Å². The molecule has 0 radical (unpaired) electrons. The van der Waals surface area contributed by atoms with Crippen LogP contribution in [0.15, 0.2) is 0 Å². The van der Waals surface area contributed by atoms with E-state index in [9.17, 15) is 24.0 Å². The molecule has 3 N–H and O–H groups in total. The number of ketones is 2. The first-order chi connectivity index (χ1) is 10.3. The first-order valence-corrected chi connectivity index (χ1v) is 7.08. The predicted octanol–water partition coefficient (Wildman–Crippen LogP) is -0.928. The maximum atomic E-state index is 11.9. The largest absolute Gasteiger partial charge is 0.349 e. The first-order valence-electron chi connectivity index (χ1n) is 7.08. The molecule has 0 spiro atoms. The highest BCUT2D eigenvalue weighted by atomic mass is 16.2. The molecule has 0 rings (SSSR count). The van der Waals surface area contributed by atoms with Crippen LogP contribution in [-0.2, 0) is 24.0 Å². The van der Waals surface area contributed by atoms with E-state index in [4.69, 9.17) is 0 Å². The fourth-order valence-electron chi connectivity index (χ4n) is 1.49. The smallest absolute Gasteiger partial charge is 0.242 e. The second-order valence-electron chi connectivity index (χ2n) is 4.91. The Morgan fingerprint density at radius 3 is 1.91 bits per heavy atom. The lowest BCUT2D eigenvalue weighted by Crippen LogP contribution is -2.48. The van der Waals surface area contributed by atoms with Crippen molar-refractivity contribution >= 4 is 29.3 Å². The van der Waals surface area contributed by atoms with Gasteiger partial charge in [0.1, 0.15) is 17.6 Å². The Morgan fingerprint density at radius 1 is 0.864 bits per heavy atom. The summed E-state index contributed by atoms with van der Waals surface area (Å²) in [7, 11) is 0. The molecule has 1 unspecified atom stereocenters. The van der Waals surface area contributed by atoms with Crippen molar-refractivity contribution in [1.82, 2.24) is 16.0 Å². The summed E-state index contributed by atoms with van der Waals surface area (Å²) in [6.45, 7) is 4.11. The lowest BCUT2D eigenvalue weighted by atomic mass is 10.1. The van der Waals surface area contributed by atoms with Crippen LogP contribution in [0.5, 0.6) is 0 Å². The van der Waals surface area contributed by atoms with Crippen LogP contribution >= 0.6 is 0 Å². The molecule has 0 fully saturated rings. The van der Waals surface area contributed by atoms with E-state index in [-0.39, 0.29) is 55.7 Å². The number of amides is 3. The van der Waals surface area contributed by atoms with Crippen molar-refractivity contribution in [2.75, 3.05) is 13.1 Å². The molecule has 0 bridgehead atoms. The summed E-state index contributed by atoms with van der Waals surface area (Å²) in [4.78, 5) is 56.5. The maximum Gasteiger partial charge on any atom is 0.242 e. The normalized spacial score (nSPS) is 11.2. The molecule has 3 amide bonds. The van der Waals surface area contributed by atoms with Crippen molar-refractivity contribution in [2.45, 2.75) is 46.1 Å². The molecule has 0 heterocycles. The van der Waals surface area contributed by atoms with E-state index in [1.807, 2.05) is 0 Å². The highest BCUT2D eigenvalue weighted by Gasteiger charge is 2.21. The second kappa shape index (κ2) is 10.5. The molecular weight excluding hydrogens is 290 g/mol. The van der Waals surface area contributed by atoms with E-state index >= 15 is 0 Å². The molecule has 0 aromatic carbocycles.